The number of allylic oxidation sites excluding steroid dienone is 4. The summed E-state index contributed by atoms with van der Waals surface area (Å²) in [7, 11) is 0. The van der Waals surface area contributed by atoms with Crippen molar-refractivity contribution in [1.29, 1.82) is 0 Å². The van der Waals surface area contributed by atoms with Crippen LogP contribution in [0.15, 0.2) is 24.3 Å². The molecule has 59 heavy (non-hydrogen) atoms. The molecule has 1 amide bonds. The number of unbranched alkanes of at least 4 members (excludes halogenated alkanes) is 33. The van der Waals surface area contributed by atoms with Gasteiger partial charge in [0.15, 0.2) is 0 Å². The number of hydrogen-bond donors (Lipinski definition) is 3. The Morgan fingerprint density at radius 2 is 0.797 bits per heavy atom. The summed E-state index contributed by atoms with van der Waals surface area (Å²) < 4.78 is 5.45. The minimum Gasteiger partial charge on any atom is -0.466 e. The lowest BCUT2D eigenvalue weighted by molar-refractivity contribution is -0.143. The van der Waals surface area contributed by atoms with E-state index in [0.717, 1.165) is 70.6 Å². The molecule has 0 aliphatic carbocycles. The van der Waals surface area contributed by atoms with E-state index in [2.05, 4.69) is 43.5 Å². The number of esters is 1. The van der Waals surface area contributed by atoms with Crippen molar-refractivity contribution in [1.82, 2.24) is 5.32 Å². The zero-order valence-electron chi connectivity index (χ0n) is 39.5. The molecule has 0 heterocycles. The van der Waals surface area contributed by atoms with E-state index in [1.807, 2.05) is 0 Å². The molecule has 3 N–H and O–H groups in total. The Hall–Kier alpha value is -1.66. The predicted octanol–water partition coefficient (Wildman–Crippen LogP) is 15.5. The van der Waals surface area contributed by atoms with Gasteiger partial charge in [0.2, 0.25) is 5.91 Å². The van der Waals surface area contributed by atoms with Gasteiger partial charge in [-0.1, -0.05) is 212 Å². The summed E-state index contributed by atoms with van der Waals surface area (Å²) in [5, 5.41) is 23.2. The maximum atomic E-state index is 12.4. The molecule has 0 rings (SSSR count). The molecule has 348 valence electrons. The summed E-state index contributed by atoms with van der Waals surface area (Å²) in [6.07, 6.45) is 57.2. The van der Waals surface area contributed by atoms with Crippen LogP contribution < -0.4 is 5.32 Å². The molecule has 0 aromatic carbocycles. The molecule has 0 radical (unpaired) electrons. The monoisotopic (exact) mass is 832 g/mol. The van der Waals surface area contributed by atoms with E-state index in [1.165, 1.54) is 173 Å². The third kappa shape index (κ3) is 45.7. The molecule has 0 aromatic rings. The van der Waals surface area contributed by atoms with Crippen LogP contribution in [0.2, 0.25) is 0 Å². The van der Waals surface area contributed by atoms with Gasteiger partial charge < -0.3 is 20.3 Å². The third-order valence-electron chi connectivity index (χ3n) is 12.0. The van der Waals surface area contributed by atoms with Crippen LogP contribution in [-0.4, -0.2) is 47.4 Å². The van der Waals surface area contributed by atoms with Crippen LogP contribution in [0.25, 0.3) is 0 Å². The van der Waals surface area contributed by atoms with Crippen LogP contribution >= 0.6 is 0 Å². The topological polar surface area (TPSA) is 95.9 Å². The van der Waals surface area contributed by atoms with Gasteiger partial charge >= 0.3 is 5.97 Å². The lowest BCUT2D eigenvalue weighted by atomic mass is 10.0. The molecule has 0 saturated carbocycles. The number of aliphatic hydroxyl groups is 2. The lowest BCUT2D eigenvalue weighted by Crippen LogP contribution is -2.45. The van der Waals surface area contributed by atoms with Gasteiger partial charge in [0.25, 0.3) is 0 Å². The first-order valence-corrected chi connectivity index (χ1v) is 26.1. The van der Waals surface area contributed by atoms with Crippen LogP contribution in [0, 0.1) is 0 Å². The highest BCUT2D eigenvalue weighted by Crippen LogP contribution is 2.16. The molecule has 0 aliphatic rings. The second kappa shape index (κ2) is 49.0. The number of carbonyl (C=O) groups is 2. The molecular weight excluding hydrogens is 731 g/mol. The maximum Gasteiger partial charge on any atom is 0.305 e. The number of aliphatic hydroxyl groups excluding tert-OH is 2. The minimum atomic E-state index is -0.673. The van der Waals surface area contributed by atoms with Crippen molar-refractivity contribution in [2.45, 2.75) is 289 Å². The molecule has 2 atom stereocenters. The van der Waals surface area contributed by atoms with Crippen LogP contribution in [-0.2, 0) is 14.3 Å². The van der Waals surface area contributed by atoms with E-state index in [0.29, 0.717) is 25.9 Å². The Morgan fingerprint density at radius 3 is 1.20 bits per heavy atom. The van der Waals surface area contributed by atoms with Gasteiger partial charge in [-0.2, -0.15) is 0 Å². The molecule has 2 unspecified atom stereocenters. The van der Waals surface area contributed by atoms with Gasteiger partial charge in [-0.15, -0.1) is 0 Å². The first-order chi connectivity index (χ1) is 29.0. The average molecular weight is 832 g/mol. The number of nitrogens with one attached hydrogen (secondary N) is 1. The zero-order chi connectivity index (χ0) is 43.0. The molecule has 0 aromatic heterocycles. The number of carbonyl (C=O) groups excluding carboxylic acids is 2. The predicted molar refractivity (Wildman–Crippen MR) is 255 cm³/mol. The van der Waals surface area contributed by atoms with Crippen LogP contribution in [0.1, 0.15) is 277 Å². The van der Waals surface area contributed by atoms with Gasteiger partial charge in [-0.3, -0.25) is 9.59 Å². The van der Waals surface area contributed by atoms with E-state index in [1.54, 1.807) is 0 Å². The van der Waals surface area contributed by atoms with Gasteiger partial charge in [0.05, 0.1) is 25.4 Å². The van der Waals surface area contributed by atoms with Crippen molar-refractivity contribution in [3.8, 4) is 0 Å². The number of amides is 1. The summed E-state index contributed by atoms with van der Waals surface area (Å²) in [6, 6.07) is -0.552. The SMILES string of the molecule is CCCCCCC/C=C\CCCCCCCC(=O)OCCCCCC/C=C\CCCCCCCCCC(=O)NC(CO)C(O)CCCCCCCCCCCCCCC. The Kier molecular flexibility index (Phi) is 47.6. The van der Waals surface area contributed by atoms with Crippen LogP contribution in [0.4, 0.5) is 0 Å². The quantitative estimate of drug-likeness (QED) is 0.0322. The fourth-order valence-electron chi connectivity index (χ4n) is 7.92. The van der Waals surface area contributed by atoms with Crippen molar-refractivity contribution in [2.75, 3.05) is 13.2 Å². The standard InChI is InChI=1S/C53H101NO5/c1-3-5-7-9-11-13-15-17-23-27-31-35-39-43-47-53(58)59-48-44-40-36-32-28-24-20-18-19-22-26-30-34-38-42-46-52(57)54-50(49-55)51(56)45-41-37-33-29-25-21-16-14-12-10-8-6-4-2/h15,17,20,24,50-51,55-56H,3-14,16,18-19,21-23,25-49H2,1-2H3,(H,54,57)/b17-15-,24-20-. The maximum absolute atomic E-state index is 12.4. The van der Waals surface area contributed by atoms with Gasteiger partial charge in [-0.25, -0.2) is 0 Å². The van der Waals surface area contributed by atoms with Crippen molar-refractivity contribution >= 4 is 11.9 Å². The minimum absolute atomic E-state index is 0.0188. The lowest BCUT2D eigenvalue weighted by Gasteiger charge is -2.22. The molecule has 0 aliphatic heterocycles. The molecule has 0 bridgehead atoms. The second-order valence-corrected chi connectivity index (χ2v) is 17.8. The highest BCUT2D eigenvalue weighted by molar-refractivity contribution is 5.76. The van der Waals surface area contributed by atoms with Crippen molar-refractivity contribution < 1.29 is 24.5 Å². The summed E-state index contributed by atoms with van der Waals surface area (Å²) in [5.41, 5.74) is 0. The fraction of sp³-hybridized carbons (Fsp3) is 0.887. The van der Waals surface area contributed by atoms with Gasteiger partial charge in [-0.05, 0) is 77.0 Å². The van der Waals surface area contributed by atoms with E-state index in [9.17, 15) is 19.8 Å². The highest BCUT2D eigenvalue weighted by Gasteiger charge is 2.20. The summed E-state index contributed by atoms with van der Waals surface area (Å²) >= 11 is 0. The summed E-state index contributed by atoms with van der Waals surface area (Å²) in [6.45, 7) is 4.90. The van der Waals surface area contributed by atoms with Crippen molar-refractivity contribution in [2.24, 2.45) is 0 Å². The fourth-order valence-corrected chi connectivity index (χ4v) is 7.92. The average Bonchev–Trinajstić information content (AvgIpc) is 3.24. The normalized spacial score (nSPS) is 12.8. The molecule has 0 saturated heterocycles. The number of hydrogen-bond acceptors (Lipinski definition) is 5. The smallest absolute Gasteiger partial charge is 0.305 e. The summed E-state index contributed by atoms with van der Waals surface area (Å²) in [4.78, 5) is 24.4. The third-order valence-corrected chi connectivity index (χ3v) is 12.0. The first kappa shape index (κ1) is 57.3. The van der Waals surface area contributed by atoms with Crippen LogP contribution in [0.3, 0.4) is 0 Å². The van der Waals surface area contributed by atoms with E-state index in [4.69, 9.17) is 4.74 Å². The van der Waals surface area contributed by atoms with Crippen LogP contribution in [0.5, 0.6) is 0 Å². The molecule has 0 fully saturated rings. The largest absolute Gasteiger partial charge is 0.466 e. The molecule has 0 spiro atoms. The van der Waals surface area contributed by atoms with Gasteiger partial charge in [0.1, 0.15) is 0 Å². The van der Waals surface area contributed by atoms with Gasteiger partial charge in [0, 0.05) is 12.8 Å². The number of ether oxygens (including phenoxy) is 1. The Bertz CT molecular complexity index is 920. The Morgan fingerprint density at radius 1 is 0.458 bits per heavy atom. The highest BCUT2D eigenvalue weighted by atomic mass is 16.5. The summed E-state index contributed by atoms with van der Waals surface area (Å²) in [5.74, 6) is -0.0696. The zero-order valence-corrected chi connectivity index (χ0v) is 39.5. The molecule has 6 nitrogen and oxygen atoms in total. The van der Waals surface area contributed by atoms with Crippen molar-refractivity contribution in [3.05, 3.63) is 24.3 Å². The van der Waals surface area contributed by atoms with E-state index in [-0.39, 0.29) is 18.5 Å². The van der Waals surface area contributed by atoms with E-state index >= 15 is 0 Å². The second-order valence-electron chi connectivity index (χ2n) is 17.8. The molecular formula is C53H101NO5. The Labute approximate surface area is 367 Å². The molecule has 6 heteroatoms. The van der Waals surface area contributed by atoms with Crippen molar-refractivity contribution in [3.63, 3.8) is 0 Å². The van der Waals surface area contributed by atoms with E-state index < -0.39 is 12.1 Å². The first-order valence-electron chi connectivity index (χ1n) is 26.1. The Balaban J connectivity index is 3.48. The number of rotatable bonds is 48.